The van der Waals surface area contributed by atoms with Crippen LogP contribution in [-0.4, -0.2) is 73.4 Å². The van der Waals surface area contributed by atoms with Crippen molar-refractivity contribution in [1.82, 2.24) is 14.8 Å². The third kappa shape index (κ3) is 3.81. The molecule has 3 heterocycles. The van der Waals surface area contributed by atoms with Gasteiger partial charge in [-0.15, -0.1) is 11.3 Å². The molecule has 2 saturated heterocycles. The topological polar surface area (TPSA) is 37.8 Å². The monoisotopic (exact) mass is 311 g/mol. The van der Waals surface area contributed by atoms with E-state index in [0.29, 0.717) is 6.04 Å². The minimum atomic E-state index is 0.204. The smallest absolute Gasteiger partial charge is 0.107 e. The Labute approximate surface area is 130 Å². The van der Waals surface area contributed by atoms with Crippen molar-refractivity contribution in [2.75, 3.05) is 40.4 Å². The molecule has 0 spiro atoms. The quantitative estimate of drug-likeness (QED) is 0.795. The van der Waals surface area contributed by atoms with Gasteiger partial charge in [0.2, 0.25) is 0 Å². The van der Waals surface area contributed by atoms with Crippen LogP contribution in [0.25, 0.3) is 0 Å². The van der Waals surface area contributed by atoms with Gasteiger partial charge >= 0.3 is 0 Å². The van der Waals surface area contributed by atoms with Gasteiger partial charge in [0.1, 0.15) is 11.1 Å². The predicted molar refractivity (Wildman–Crippen MR) is 83.6 cm³/mol. The number of nitrogens with zero attached hydrogens (tertiary/aromatic N) is 3. The molecular weight excluding hydrogens is 286 g/mol. The summed E-state index contributed by atoms with van der Waals surface area (Å²) in [5.74, 6) is 0. The first-order valence-electron chi connectivity index (χ1n) is 7.74. The van der Waals surface area contributed by atoms with Gasteiger partial charge in [-0.25, -0.2) is 4.98 Å². The van der Waals surface area contributed by atoms with E-state index in [1.54, 1.807) is 11.3 Å². The fourth-order valence-electron chi connectivity index (χ4n) is 3.22. The maximum Gasteiger partial charge on any atom is 0.107 e. The van der Waals surface area contributed by atoms with Crippen molar-refractivity contribution in [3.8, 4) is 0 Å². The highest BCUT2D eigenvalue weighted by molar-refractivity contribution is 7.09. The average molecular weight is 311 g/mol. The van der Waals surface area contributed by atoms with E-state index >= 15 is 0 Å². The van der Waals surface area contributed by atoms with E-state index in [9.17, 15) is 0 Å². The van der Waals surface area contributed by atoms with Crippen LogP contribution in [0.1, 0.15) is 17.8 Å². The van der Waals surface area contributed by atoms with Crippen molar-refractivity contribution in [2.24, 2.45) is 0 Å². The maximum absolute atomic E-state index is 6.11. The SMILES string of the molecule is CN(C)CCO[C@H]1CN(Cc2nccs2)[C@@H]2CCCO[C@H]12. The summed E-state index contributed by atoms with van der Waals surface area (Å²) in [4.78, 5) is 9.07. The molecule has 0 aromatic carbocycles. The van der Waals surface area contributed by atoms with Crippen molar-refractivity contribution in [3.63, 3.8) is 0 Å². The highest BCUT2D eigenvalue weighted by Crippen LogP contribution is 2.32. The van der Waals surface area contributed by atoms with Gasteiger partial charge in [-0.2, -0.15) is 0 Å². The van der Waals surface area contributed by atoms with E-state index in [2.05, 4.69) is 28.9 Å². The third-order valence-electron chi connectivity index (χ3n) is 4.28. The second kappa shape index (κ2) is 7.15. The summed E-state index contributed by atoms with van der Waals surface area (Å²) in [6.07, 6.45) is 4.69. The van der Waals surface area contributed by atoms with Gasteiger partial charge in [-0.05, 0) is 26.9 Å². The Morgan fingerprint density at radius 2 is 2.43 bits per heavy atom. The number of likely N-dealkylation sites (N-methyl/N-ethyl adjacent to an activating group) is 1. The lowest BCUT2D eigenvalue weighted by Gasteiger charge is -2.32. The zero-order valence-electron chi connectivity index (χ0n) is 12.9. The largest absolute Gasteiger partial charge is 0.374 e. The first kappa shape index (κ1) is 15.4. The van der Waals surface area contributed by atoms with Gasteiger partial charge in [0.05, 0.1) is 19.3 Å². The number of aromatic nitrogens is 1. The summed E-state index contributed by atoms with van der Waals surface area (Å²) in [6.45, 7) is 4.49. The maximum atomic E-state index is 6.11. The van der Waals surface area contributed by atoms with Gasteiger partial charge in [-0.1, -0.05) is 0 Å². The van der Waals surface area contributed by atoms with Crippen molar-refractivity contribution >= 4 is 11.3 Å². The van der Waals surface area contributed by atoms with Gasteiger partial charge in [0.15, 0.2) is 0 Å². The second-order valence-electron chi connectivity index (χ2n) is 6.11. The van der Waals surface area contributed by atoms with Gasteiger partial charge < -0.3 is 14.4 Å². The molecule has 3 rings (SSSR count). The average Bonchev–Trinajstić information content (AvgIpc) is 3.09. The Morgan fingerprint density at radius 3 is 3.19 bits per heavy atom. The molecule has 21 heavy (non-hydrogen) atoms. The Morgan fingerprint density at radius 1 is 1.52 bits per heavy atom. The normalized spacial score (nSPS) is 30.0. The summed E-state index contributed by atoms with van der Waals surface area (Å²) in [6, 6.07) is 0.493. The lowest BCUT2D eigenvalue weighted by Crippen LogP contribution is -2.42. The molecule has 0 aliphatic carbocycles. The van der Waals surface area contributed by atoms with Crippen LogP contribution in [0.5, 0.6) is 0 Å². The minimum Gasteiger partial charge on any atom is -0.374 e. The summed E-state index contributed by atoms with van der Waals surface area (Å²) in [5.41, 5.74) is 0. The number of thiazole rings is 1. The summed E-state index contributed by atoms with van der Waals surface area (Å²) < 4.78 is 12.1. The molecule has 0 amide bonds. The molecule has 5 nitrogen and oxygen atoms in total. The third-order valence-corrected chi connectivity index (χ3v) is 5.04. The Balaban J connectivity index is 1.60. The van der Waals surface area contributed by atoms with Crippen LogP contribution in [0.3, 0.4) is 0 Å². The number of ether oxygens (including phenoxy) is 2. The molecule has 2 aliphatic heterocycles. The van der Waals surface area contributed by atoms with E-state index in [1.165, 1.54) is 11.4 Å². The van der Waals surface area contributed by atoms with Gasteiger partial charge in [-0.3, -0.25) is 4.90 Å². The molecule has 2 aliphatic rings. The fraction of sp³-hybridized carbons (Fsp3) is 0.800. The Kier molecular flexibility index (Phi) is 5.24. The van der Waals surface area contributed by atoms with Crippen LogP contribution in [-0.2, 0) is 16.0 Å². The molecule has 1 aromatic heterocycles. The number of rotatable bonds is 6. The molecule has 3 atom stereocenters. The van der Waals surface area contributed by atoms with Gasteiger partial charge in [0, 0.05) is 37.3 Å². The molecule has 0 bridgehead atoms. The molecule has 0 unspecified atom stereocenters. The van der Waals surface area contributed by atoms with Crippen LogP contribution in [0.4, 0.5) is 0 Å². The molecule has 0 saturated carbocycles. The van der Waals surface area contributed by atoms with Crippen LogP contribution < -0.4 is 0 Å². The van der Waals surface area contributed by atoms with E-state index in [-0.39, 0.29) is 12.2 Å². The standard InChI is InChI=1S/C15H25N3O2S/c1-17(2)6-8-19-13-10-18(11-14-16-5-9-21-14)12-4-3-7-20-15(12)13/h5,9,12-13,15H,3-4,6-8,10-11H2,1-2H3/t12-,13+,15+/m1/s1. The summed E-state index contributed by atoms with van der Waals surface area (Å²) in [7, 11) is 4.15. The second-order valence-corrected chi connectivity index (χ2v) is 7.09. The van der Waals surface area contributed by atoms with Crippen molar-refractivity contribution < 1.29 is 9.47 Å². The lowest BCUT2D eigenvalue weighted by atomic mass is 10.0. The predicted octanol–water partition coefficient (Wildman–Crippen LogP) is 1.45. The molecule has 0 N–H and O–H groups in total. The fourth-order valence-corrected chi connectivity index (χ4v) is 3.86. The number of hydrogen-bond donors (Lipinski definition) is 0. The molecule has 118 valence electrons. The summed E-state index contributed by atoms with van der Waals surface area (Å²) >= 11 is 1.73. The molecular formula is C15H25N3O2S. The first-order valence-corrected chi connectivity index (χ1v) is 8.62. The first-order chi connectivity index (χ1) is 10.2. The molecule has 0 radical (unpaired) electrons. The van der Waals surface area contributed by atoms with Crippen LogP contribution >= 0.6 is 11.3 Å². The highest BCUT2D eigenvalue weighted by atomic mass is 32.1. The van der Waals surface area contributed by atoms with Crippen LogP contribution in [0.2, 0.25) is 0 Å². The van der Waals surface area contributed by atoms with Crippen molar-refractivity contribution in [1.29, 1.82) is 0 Å². The lowest BCUT2D eigenvalue weighted by molar-refractivity contribution is -0.0787. The van der Waals surface area contributed by atoms with Crippen molar-refractivity contribution in [2.45, 2.75) is 37.6 Å². The van der Waals surface area contributed by atoms with Gasteiger partial charge in [0.25, 0.3) is 0 Å². The van der Waals surface area contributed by atoms with Crippen LogP contribution in [0.15, 0.2) is 11.6 Å². The van der Waals surface area contributed by atoms with E-state index in [0.717, 1.165) is 39.3 Å². The van der Waals surface area contributed by atoms with E-state index in [1.807, 2.05) is 11.6 Å². The number of hydrogen-bond acceptors (Lipinski definition) is 6. The Bertz CT molecular complexity index is 427. The summed E-state index contributed by atoms with van der Waals surface area (Å²) in [5, 5.41) is 3.24. The van der Waals surface area contributed by atoms with Crippen LogP contribution in [0, 0.1) is 0 Å². The van der Waals surface area contributed by atoms with Crippen molar-refractivity contribution in [3.05, 3.63) is 16.6 Å². The van der Waals surface area contributed by atoms with E-state index < -0.39 is 0 Å². The molecule has 6 heteroatoms. The Hall–Kier alpha value is -0.530. The number of fused-ring (bicyclic) bond motifs is 1. The highest BCUT2D eigenvalue weighted by Gasteiger charge is 2.44. The molecule has 1 aromatic rings. The zero-order chi connectivity index (χ0) is 14.7. The van der Waals surface area contributed by atoms with E-state index in [4.69, 9.17) is 9.47 Å². The minimum absolute atomic E-state index is 0.204. The zero-order valence-corrected chi connectivity index (χ0v) is 13.7. The molecule has 2 fully saturated rings. The number of likely N-dealkylation sites (tertiary alicyclic amines) is 1.